The highest BCUT2D eigenvalue weighted by Crippen LogP contribution is 2.32. The molecule has 3 rings (SSSR count). The summed E-state index contributed by atoms with van der Waals surface area (Å²) in [6.45, 7) is -1.31. The van der Waals surface area contributed by atoms with Crippen molar-refractivity contribution in [3.05, 3.63) is 54.4 Å². The number of likely N-dealkylation sites (N-methyl/N-ethyl adjacent to an activating group) is 1. The van der Waals surface area contributed by atoms with Gasteiger partial charge in [0, 0.05) is 12.1 Å². The predicted molar refractivity (Wildman–Crippen MR) is 101 cm³/mol. The Labute approximate surface area is 166 Å². The van der Waals surface area contributed by atoms with E-state index >= 15 is 0 Å². The molecule has 0 radical (unpaired) electrons. The van der Waals surface area contributed by atoms with Crippen LogP contribution in [0.3, 0.4) is 0 Å². The molecule has 0 aliphatic rings. The fourth-order valence-electron chi connectivity index (χ4n) is 2.58. The summed E-state index contributed by atoms with van der Waals surface area (Å²) in [5.41, 5.74) is 0.563. The minimum atomic E-state index is -2.94. The standard InChI is InChI=1S/C20H21F2N3O4/c1-25(10-11-27-15-6-4-3-5-7-15)13-18-23-19(24-29-18)14-8-9-16(28-20(21)22)17(12-14)26-2/h3-9,12,20H,10-11,13H2,1-2H3. The van der Waals surface area contributed by atoms with Crippen LogP contribution in [0, 0.1) is 0 Å². The highest BCUT2D eigenvalue weighted by Gasteiger charge is 2.15. The highest BCUT2D eigenvalue weighted by atomic mass is 19.3. The first kappa shape index (κ1) is 20.5. The molecule has 9 heteroatoms. The first-order chi connectivity index (χ1) is 14.0. The average Bonchev–Trinajstić information content (AvgIpc) is 3.17. The molecular formula is C20H21F2N3O4. The summed E-state index contributed by atoms with van der Waals surface area (Å²) in [5, 5.41) is 3.94. The van der Waals surface area contributed by atoms with Crippen LogP contribution in [0.2, 0.25) is 0 Å². The number of alkyl halides is 2. The second kappa shape index (κ2) is 9.83. The number of hydrogen-bond acceptors (Lipinski definition) is 7. The molecule has 0 spiro atoms. The van der Waals surface area contributed by atoms with Crippen molar-refractivity contribution >= 4 is 0 Å². The summed E-state index contributed by atoms with van der Waals surface area (Å²) in [7, 11) is 3.28. The average molecular weight is 405 g/mol. The van der Waals surface area contributed by atoms with Crippen molar-refractivity contribution in [2.24, 2.45) is 0 Å². The zero-order valence-corrected chi connectivity index (χ0v) is 16.0. The minimum Gasteiger partial charge on any atom is -0.493 e. The molecule has 0 unspecified atom stereocenters. The maximum Gasteiger partial charge on any atom is 0.387 e. The van der Waals surface area contributed by atoms with Gasteiger partial charge in [0.15, 0.2) is 11.5 Å². The lowest BCUT2D eigenvalue weighted by atomic mass is 10.2. The predicted octanol–water partition coefficient (Wildman–Crippen LogP) is 3.86. The molecule has 0 fully saturated rings. The number of nitrogens with zero attached hydrogens (tertiary/aromatic N) is 3. The highest BCUT2D eigenvalue weighted by molar-refractivity contribution is 5.60. The smallest absolute Gasteiger partial charge is 0.387 e. The Bertz CT molecular complexity index is 906. The number of methoxy groups -OCH3 is 1. The Morgan fingerprint density at radius 1 is 1.10 bits per heavy atom. The van der Waals surface area contributed by atoms with E-state index in [9.17, 15) is 8.78 Å². The molecule has 0 atom stereocenters. The van der Waals surface area contributed by atoms with E-state index in [1.807, 2.05) is 42.3 Å². The maximum absolute atomic E-state index is 12.4. The van der Waals surface area contributed by atoms with Crippen LogP contribution in [0.15, 0.2) is 53.1 Å². The van der Waals surface area contributed by atoms with E-state index in [2.05, 4.69) is 14.9 Å². The maximum atomic E-state index is 12.4. The van der Waals surface area contributed by atoms with E-state index in [-0.39, 0.29) is 11.5 Å². The second-order valence-electron chi connectivity index (χ2n) is 6.16. The van der Waals surface area contributed by atoms with Gasteiger partial charge in [-0.05, 0) is 37.4 Å². The lowest BCUT2D eigenvalue weighted by Crippen LogP contribution is -2.24. The molecule has 1 heterocycles. The van der Waals surface area contributed by atoms with Crippen molar-refractivity contribution in [3.8, 4) is 28.6 Å². The van der Waals surface area contributed by atoms with Crippen molar-refractivity contribution in [1.82, 2.24) is 15.0 Å². The quantitative estimate of drug-likeness (QED) is 0.507. The fraction of sp³-hybridized carbons (Fsp3) is 0.300. The minimum absolute atomic E-state index is 0.0619. The summed E-state index contributed by atoms with van der Waals surface area (Å²) in [6.07, 6.45) is 0. The van der Waals surface area contributed by atoms with Gasteiger partial charge in [-0.1, -0.05) is 23.4 Å². The van der Waals surface area contributed by atoms with Crippen LogP contribution >= 0.6 is 0 Å². The van der Waals surface area contributed by atoms with Crippen LogP contribution in [0.5, 0.6) is 17.2 Å². The fourth-order valence-corrected chi connectivity index (χ4v) is 2.58. The van der Waals surface area contributed by atoms with Crippen LogP contribution in [0.25, 0.3) is 11.4 Å². The monoisotopic (exact) mass is 405 g/mol. The second-order valence-corrected chi connectivity index (χ2v) is 6.16. The third-order valence-corrected chi connectivity index (χ3v) is 4.00. The normalized spacial score (nSPS) is 11.1. The summed E-state index contributed by atoms with van der Waals surface area (Å²) in [5.74, 6) is 1.66. The first-order valence-corrected chi connectivity index (χ1v) is 8.87. The molecule has 0 aliphatic heterocycles. The van der Waals surface area contributed by atoms with Crippen molar-refractivity contribution in [3.63, 3.8) is 0 Å². The van der Waals surface area contributed by atoms with Gasteiger partial charge in [-0.2, -0.15) is 13.8 Å². The number of aromatic nitrogens is 2. The molecule has 3 aromatic rings. The molecule has 0 saturated carbocycles. The molecule has 0 N–H and O–H groups in total. The van der Waals surface area contributed by atoms with Crippen LogP contribution in [0.1, 0.15) is 5.89 Å². The number of halogens is 2. The molecule has 0 bridgehead atoms. The summed E-state index contributed by atoms with van der Waals surface area (Å²) in [6, 6.07) is 14.0. The van der Waals surface area contributed by atoms with Gasteiger partial charge in [0.25, 0.3) is 0 Å². The number of ether oxygens (including phenoxy) is 3. The Balaban J connectivity index is 1.57. The van der Waals surface area contributed by atoms with Gasteiger partial charge in [-0.25, -0.2) is 0 Å². The van der Waals surface area contributed by atoms with Crippen LogP contribution in [0.4, 0.5) is 8.78 Å². The van der Waals surface area contributed by atoms with Crippen LogP contribution in [-0.4, -0.2) is 49.0 Å². The molecule has 7 nitrogen and oxygen atoms in total. The third-order valence-electron chi connectivity index (χ3n) is 4.00. The zero-order valence-electron chi connectivity index (χ0n) is 16.0. The van der Waals surface area contributed by atoms with Gasteiger partial charge < -0.3 is 18.7 Å². The zero-order chi connectivity index (χ0) is 20.6. The molecule has 0 saturated heterocycles. The van der Waals surface area contributed by atoms with Crippen molar-refractivity contribution < 1.29 is 27.5 Å². The van der Waals surface area contributed by atoms with Crippen LogP contribution < -0.4 is 14.2 Å². The van der Waals surface area contributed by atoms with E-state index in [1.54, 1.807) is 6.07 Å². The molecular weight excluding hydrogens is 384 g/mol. The molecule has 2 aromatic carbocycles. The topological polar surface area (TPSA) is 69.9 Å². The van der Waals surface area contributed by atoms with Crippen molar-refractivity contribution in [2.45, 2.75) is 13.2 Å². The van der Waals surface area contributed by atoms with Gasteiger partial charge in [0.1, 0.15) is 12.4 Å². The molecule has 0 aliphatic carbocycles. The van der Waals surface area contributed by atoms with E-state index in [4.69, 9.17) is 14.0 Å². The largest absolute Gasteiger partial charge is 0.493 e. The molecule has 29 heavy (non-hydrogen) atoms. The Hall–Kier alpha value is -3.20. The summed E-state index contributed by atoms with van der Waals surface area (Å²) in [4.78, 5) is 6.33. The lowest BCUT2D eigenvalue weighted by Gasteiger charge is -2.14. The van der Waals surface area contributed by atoms with Gasteiger partial charge in [-0.3, -0.25) is 4.90 Å². The van der Waals surface area contributed by atoms with E-state index in [0.717, 1.165) is 5.75 Å². The van der Waals surface area contributed by atoms with Gasteiger partial charge in [0.2, 0.25) is 11.7 Å². The van der Waals surface area contributed by atoms with E-state index in [1.165, 1.54) is 19.2 Å². The summed E-state index contributed by atoms with van der Waals surface area (Å²) < 4.78 is 45.3. The van der Waals surface area contributed by atoms with E-state index in [0.29, 0.717) is 37.0 Å². The molecule has 1 aromatic heterocycles. The van der Waals surface area contributed by atoms with Gasteiger partial charge >= 0.3 is 6.61 Å². The lowest BCUT2D eigenvalue weighted by molar-refractivity contribution is -0.0512. The number of hydrogen-bond donors (Lipinski definition) is 0. The first-order valence-electron chi connectivity index (χ1n) is 8.87. The number of rotatable bonds is 10. The van der Waals surface area contributed by atoms with Crippen molar-refractivity contribution in [1.29, 1.82) is 0 Å². The van der Waals surface area contributed by atoms with Crippen molar-refractivity contribution in [2.75, 3.05) is 27.3 Å². The Morgan fingerprint density at radius 3 is 2.62 bits per heavy atom. The third kappa shape index (κ3) is 5.89. The number of benzene rings is 2. The SMILES string of the molecule is COc1cc(-c2noc(CN(C)CCOc3ccccc3)n2)ccc1OC(F)F. The Morgan fingerprint density at radius 2 is 1.90 bits per heavy atom. The molecule has 0 amide bonds. The van der Waals surface area contributed by atoms with Gasteiger partial charge in [0.05, 0.1) is 13.7 Å². The van der Waals surface area contributed by atoms with Gasteiger partial charge in [-0.15, -0.1) is 0 Å². The summed E-state index contributed by atoms with van der Waals surface area (Å²) >= 11 is 0. The van der Waals surface area contributed by atoms with E-state index < -0.39 is 6.61 Å². The Kier molecular flexibility index (Phi) is 6.96. The molecule has 154 valence electrons. The number of para-hydroxylation sites is 1. The van der Waals surface area contributed by atoms with Crippen LogP contribution in [-0.2, 0) is 6.54 Å².